The van der Waals surface area contributed by atoms with Crippen molar-refractivity contribution in [1.29, 1.82) is 0 Å². The van der Waals surface area contributed by atoms with Crippen LogP contribution in [-0.4, -0.2) is 10.2 Å². The Morgan fingerprint density at radius 3 is 3.00 bits per heavy atom. The number of aromatic nitrogens is 2. The highest BCUT2D eigenvalue weighted by Crippen LogP contribution is 2.24. The van der Waals surface area contributed by atoms with Crippen LogP contribution in [0.3, 0.4) is 0 Å². The molecule has 0 aliphatic rings. The summed E-state index contributed by atoms with van der Waals surface area (Å²) in [6.45, 7) is 4.97. The zero-order chi connectivity index (χ0) is 11.5. The van der Waals surface area contributed by atoms with E-state index >= 15 is 0 Å². The Kier molecular flexibility index (Phi) is 3.63. The lowest BCUT2D eigenvalue weighted by molar-refractivity contribution is 0.575. The summed E-state index contributed by atoms with van der Waals surface area (Å²) in [6.07, 6.45) is 1.86. The summed E-state index contributed by atoms with van der Waals surface area (Å²) in [6, 6.07) is 2.31. The molecule has 0 amide bonds. The summed E-state index contributed by atoms with van der Waals surface area (Å²) in [4.78, 5) is 0. The number of hydrogen-bond donors (Lipinski definition) is 2. The predicted octanol–water partition coefficient (Wildman–Crippen LogP) is 3.28. The molecule has 0 saturated heterocycles. The van der Waals surface area contributed by atoms with E-state index in [0.29, 0.717) is 6.04 Å². The van der Waals surface area contributed by atoms with Gasteiger partial charge in [0.1, 0.15) is 0 Å². The normalized spacial score (nSPS) is 12.9. The number of aryl methyl sites for hydroxylation is 1. The third-order valence-electron chi connectivity index (χ3n) is 2.62. The number of thiophene rings is 1. The van der Waals surface area contributed by atoms with Gasteiger partial charge in [0.2, 0.25) is 0 Å². The van der Waals surface area contributed by atoms with Gasteiger partial charge in [-0.1, -0.05) is 11.6 Å². The summed E-state index contributed by atoms with van der Waals surface area (Å²) < 4.78 is 0.836. The van der Waals surface area contributed by atoms with Crippen molar-refractivity contribution in [3.05, 3.63) is 38.8 Å². The molecule has 2 N–H and O–H groups in total. The lowest BCUT2D eigenvalue weighted by atomic mass is 10.1. The van der Waals surface area contributed by atoms with Crippen molar-refractivity contribution < 1.29 is 0 Å². The third kappa shape index (κ3) is 2.64. The minimum absolute atomic E-state index is 0.304. The van der Waals surface area contributed by atoms with Crippen LogP contribution in [-0.2, 0) is 6.54 Å². The number of H-pyrrole nitrogens is 1. The first-order chi connectivity index (χ1) is 7.66. The van der Waals surface area contributed by atoms with Gasteiger partial charge in [0, 0.05) is 23.8 Å². The third-order valence-corrected chi connectivity index (χ3v) is 3.73. The van der Waals surface area contributed by atoms with Crippen LogP contribution >= 0.6 is 22.9 Å². The number of hydrogen-bond acceptors (Lipinski definition) is 3. The van der Waals surface area contributed by atoms with Crippen molar-refractivity contribution >= 4 is 22.9 Å². The average Bonchev–Trinajstić information content (AvgIpc) is 2.84. The average molecular weight is 256 g/mol. The van der Waals surface area contributed by atoms with Gasteiger partial charge in [-0.05, 0) is 30.9 Å². The molecule has 16 heavy (non-hydrogen) atoms. The first kappa shape index (κ1) is 11.6. The molecule has 0 bridgehead atoms. The summed E-state index contributed by atoms with van der Waals surface area (Å²) in [7, 11) is 0. The summed E-state index contributed by atoms with van der Waals surface area (Å²) in [5.74, 6) is 0. The molecule has 5 heteroatoms. The van der Waals surface area contributed by atoms with E-state index in [1.165, 1.54) is 11.1 Å². The van der Waals surface area contributed by atoms with Crippen molar-refractivity contribution in [2.75, 3.05) is 0 Å². The quantitative estimate of drug-likeness (QED) is 0.880. The zero-order valence-corrected chi connectivity index (χ0v) is 10.8. The van der Waals surface area contributed by atoms with Crippen molar-refractivity contribution in [3.8, 4) is 0 Å². The van der Waals surface area contributed by atoms with Gasteiger partial charge in [-0.15, -0.1) is 11.3 Å². The highest BCUT2D eigenvalue weighted by atomic mass is 35.5. The van der Waals surface area contributed by atoms with Gasteiger partial charge in [0.15, 0.2) is 0 Å². The molecule has 1 unspecified atom stereocenters. The molecule has 0 radical (unpaired) electrons. The second-order valence-electron chi connectivity index (χ2n) is 3.81. The number of aromatic amines is 1. The summed E-state index contributed by atoms with van der Waals surface area (Å²) >= 11 is 7.47. The van der Waals surface area contributed by atoms with Gasteiger partial charge >= 0.3 is 0 Å². The van der Waals surface area contributed by atoms with Crippen LogP contribution < -0.4 is 5.32 Å². The van der Waals surface area contributed by atoms with Crippen LogP contribution in [0.2, 0.25) is 4.34 Å². The lowest BCUT2D eigenvalue weighted by Crippen LogP contribution is -2.17. The Balaban J connectivity index is 1.93. The van der Waals surface area contributed by atoms with Gasteiger partial charge < -0.3 is 5.32 Å². The molecule has 0 aliphatic carbocycles. The SMILES string of the molecule is Cc1[nH]ncc1CNC(C)c1csc(Cl)c1. The van der Waals surface area contributed by atoms with Gasteiger partial charge in [-0.2, -0.15) is 5.10 Å². The van der Waals surface area contributed by atoms with E-state index in [-0.39, 0.29) is 0 Å². The fourth-order valence-corrected chi connectivity index (χ4v) is 2.47. The lowest BCUT2D eigenvalue weighted by Gasteiger charge is -2.11. The highest BCUT2D eigenvalue weighted by Gasteiger charge is 2.08. The van der Waals surface area contributed by atoms with Crippen LogP contribution in [0, 0.1) is 6.92 Å². The first-order valence-corrected chi connectivity index (χ1v) is 6.38. The molecule has 0 fully saturated rings. The molecule has 0 saturated carbocycles. The van der Waals surface area contributed by atoms with E-state index in [1.807, 2.05) is 19.2 Å². The van der Waals surface area contributed by atoms with Crippen LogP contribution in [0.25, 0.3) is 0 Å². The van der Waals surface area contributed by atoms with Crippen molar-refractivity contribution in [2.45, 2.75) is 26.4 Å². The van der Waals surface area contributed by atoms with Crippen molar-refractivity contribution in [3.63, 3.8) is 0 Å². The fraction of sp³-hybridized carbons (Fsp3) is 0.364. The Labute approximate surface area is 104 Å². The van der Waals surface area contributed by atoms with E-state index in [0.717, 1.165) is 16.6 Å². The number of nitrogens with one attached hydrogen (secondary N) is 2. The van der Waals surface area contributed by atoms with Crippen LogP contribution in [0.1, 0.15) is 29.8 Å². The van der Waals surface area contributed by atoms with E-state index in [9.17, 15) is 0 Å². The molecule has 3 nitrogen and oxygen atoms in total. The topological polar surface area (TPSA) is 40.7 Å². The molecular formula is C11H14ClN3S. The van der Waals surface area contributed by atoms with E-state index in [4.69, 9.17) is 11.6 Å². The maximum absolute atomic E-state index is 5.91. The predicted molar refractivity (Wildman–Crippen MR) is 67.9 cm³/mol. The second-order valence-corrected chi connectivity index (χ2v) is 5.35. The molecule has 1 atom stereocenters. The highest BCUT2D eigenvalue weighted by molar-refractivity contribution is 7.14. The Morgan fingerprint density at radius 1 is 1.62 bits per heavy atom. The Morgan fingerprint density at radius 2 is 2.44 bits per heavy atom. The van der Waals surface area contributed by atoms with Gasteiger partial charge in [-0.25, -0.2) is 0 Å². The minimum Gasteiger partial charge on any atom is -0.306 e. The van der Waals surface area contributed by atoms with Gasteiger partial charge in [0.25, 0.3) is 0 Å². The molecule has 2 heterocycles. The second kappa shape index (κ2) is 4.99. The summed E-state index contributed by atoms with van der Waals surface area (Å²) in [5.41, 5.74) is 3.55. The van der Waals surface area contributed by atoms with Crippen LogP contribution in [0.4, 0.5) is 0 Å². The molecule has 2 aromatic rings. The maximum Gasteiger partial charge on any atom is 0.0931 e. The number of halogens is 1. The molecule has 0 spiro atoms. The largest absolute Gasteiger partial charge is 0.306 e. The Bertz CT molecular complexity index is 463. The van der Waals surface area contributed by atoms with Crippen molar-refractivity contribution in [2.24, 2.45) is 0 Å². The number of rotatable bonds is 4. The minimum atomic E-state index is 0.304. The molecule has 86 valence electrons. The standard InChI is InChI=1S/C11H14ClN3S/c1-7(9-3-11(12)16-6-9)13-4-10-5-14-15-8(10)2/h3,5-7,13H,4H2,1-2H3,(H,14,15). The van der Waals surface area contributed by atoms with Crippen LogP contribution in [0.15, 0.2) is 17.6 Å². The fourth-order valence-electron chi connectivity index (χ4n) is 1.49. The molecule has 2 rings (SSSR count). The van der Waals surface area contributed by atoms with Crippen LogP contribution in [0.5, 0.6) is 0 Å². The monoisotopic (exact) mass is 255 g/mol. The molecule has 0 aromatic carbocycles. The maximum atomic E-state index is 5.91. The van der Waals surface area contributed by atoms with E-state index < -0.39 is 0 Å². The summed E-state index contributed by atoms with van der Waals surface area (Å²) in [5, 5.41) is 12.4. The van der Waals surface area contributed by atoms with E-state index in [2.05, 4.69) is 27.8 Å². The molecule has 2 aromatic heterocycles. The number of nitrogens with zero attached hydrogens (tertiary/aromatic N) is 1. The van der Waals surface area contributed by atoms with Gasteiger partial charge in [0.05, 0.1) is 10.5 Å². The van der Waals surface area contributed by atoms with E-state index in [1.54, 1.807) is 11.3 Å². The zero-order valence-electron chi connectivity index (χ0n) is 9.25. The Hall–Kier alpha value is -0.840. The first-order valence-electron chi connectivity index (χ1n) is 5.13. The van der Waals surface area contributed by atoms with Gasteiger partial charge in [-0.3, -0.25) is 5.10 Å². The molecular weight excluding hydrogens is 242 g/mol. The van der Waals surface area contributed by atoms with Crippen molar-refractivity contribution in [1.82, 2.24) is 15.5 Å². The molecule has 0 aliphatic heterocycles. The smallest absolute Gasteiger partial charge is 0.0931 e.